The lowest BCUT2D eigenvalue weighted by atomic mass is 9.77. The van der Waals surface area contributed by atoms with Crippen molar-refractivity contribution in [1.82, 2.24) is 0 Å². The summed E-state index contributed by atoms with van der Waals surface area (Å²) in [7, 11) is 3.90. The molecule has 1 heterocycles. The van der Waals surface area contributed by atoms with Crippen LogP contribution in [0.5, 0.6) is 0 Å². The van der Waals surface area contributed by atoms with Gasteiger partial charge in [-0.3, -0.25) is 15.0 Å². The minimum absolute atomic E-state index is 0.0346. The van der Waals surface area contributed by atoms with Gasteiger partial charge in [0.2, 0.25) is 11.4 Å². The summed E-state index contributed by atoms with van der Waals surface area (Å²) in [6.07, 6.45) is 0. The van der Waals surface area contributed by atoms with Crippen LogP contribution in [-0.4, -0.2) is 79.3 Å². The Balaban J connectivity index is 2.94. The molecule has 0 bridgehead atoms. The zero-order chi connectivity index (χ0) is 24.6. The summed E-state index contributed by atoms with van der Waals surface area (Å²) in [6, 6.07) is 5.90. The number of ether oxygens (including phenoxy) is 4. The van der Waals surface area contributed by atoms with Gasteiger partial charge < -0.3 is 23.8 Å². The van der Waals surface area contributed by atoms with Crippen molar-refractivity contribution in [1.29, 1.82) is 0 Å². The molecular weight excluding hydrogens is 455 g/mol. The molecule has 0 aliphatic carbocycles. The number of nitro benzene ring substituents is 1. The van der Waals surface area contributed by atoms with Crippen molar-refractivity contribution in [3.05, 3.63) is 51.2 Å². The average molecular weight is 483 g/mol. The second-order valence-electron chi connectivity index (χ2n) is 6.90. The van der Waals surface area contributed by atoms with Gasteiger partial charge in [0, 0.05) is 38.9 Å². The highest BCUT2D eigenvalue weighted by Gasteiger charge is 2.58. The van der Waals surface area contributed by atoms with Crippen LogP contribution < -0.4 is 0 Å². The molecule has 0 radical (unpaired) electrons. The van der Waals surface area contributed by atoms with Crippen LogP contribution in [0.3, 0.4) is 0 Å². The van der Waals surface area contributed by atoms with E-state index in [1.54, 1.807) is 19.9 Å². The maximum Gasteiger partial charge on any atom is 0.344 e. The van der Waals surface area contributed by atoms with Crippen LogP contribution in [0.1, 0.15) is 19.4 Å². The van der Waals surface area contributed by atoms with E-state index >= 15 is 0 Å². The van der Waals surface area contributed by atoms with Gasteiger partial charge in [0.05, 0.1) is 45.8 Å². The van der Waals surface area contributed by atoms with Gasteiger partial charge in [-0.2, -0.15) is 0 Å². The lowest BCUT2D eigenvalue weighted by Crippen LogP contribution is -2.52. The summed E-state index contributed by atoms with van der Waals surface area (Å²) in [6.45, 7) is 3.79. The van der Waals surface area contributed by atoms with Crippen molar-refractivity contribution >= 4 is 31.1 Å². The summed E-state index contributed by atoms with van der Waals surface area (Å²) in [4.78, 5) is 40.8. The van der Waals surface area contributed by atoms with Crippen molar-refractivity contribution in [2.75, 3.05) is 47.8 Å². The number of nitrogens with zero attached hydrogens (tertiary/aromatic N) is 2. The van der Waals surface area contributed by atoms with Gasteiger partial charge in [0.15, 0.2) is 17.8 Å². The number of nitro groups is 1. The molecule has 0 saturated carbocycles. The molecule has 33 heavy (non-hydrogen) atoms. The zero-order valence-electron chi connectivity index (χ0n) is 19.2. The zero-order valence-corrected chi connectivity index (χ0v) is 20.1. The van der Waals surface area contributed by atoms with E-state index in [0.29, 0.717) is 11.4 Å². The number of carbonyl (C=O) groups excluding carboxylic acids is 1. The number of esters is 1. The first-order valence-corrected chi connectivity index (χ1v) is 10.8. The molecular formula is C21H28N2O9P+. The van der Waals surface area contributed by atoms with Gasteiger partial charge in [-0.05, 0) is 6.07 Å². The molecule has 12 heteroatoms. The van der Waals surface area contributed by atoms with E-state index in [2.05, 4.69) is 0 Å². The predicted octanol–water partition coefficient (Wildman–Crippen LogP) is 1.99. The summed E-state index contributed by atoms with van der Waals surface area (Å²) >= 11 is 0. The maximum atomic E-state index is 13.1. The van der Waals surface area contributed by atoms with Crippen molar-refractivity contribution in [2.45, 2.75) is 19.4 Å². The minimum Gasteiger partial charge on any atom is -0.465 e. The fourth-order valence-corrected chi connectivity index (χ4v) is 4.38. The molecule has 1 atom stereocenters. The molecule has 1 unspecified atom stereocenters. The topological polar surface area (TPSA) is 130 Å². The van der Waals surface area contributed by atoms with Gasteiger partial charge in [0.25, 0.3) is 5.69 Å². The van der Waals surface area contributed by atoms with E-state index in [1.165, 1.54) is 44.3 Å². The number of hydrogen-bond acceptors (Lipinski definition) is 9. The van der Waals surface area contributed by atoms with Gasteiger partial charge in [-0.1, -0.05) is 12.1 Å². The Morgan fingerprint density at radius 1 is 1.12 bits per heavy atom. The number of benzene rings is 1. The predicted molar refractivity (Wildman–Crippen MR) is 120 cm³/mol. The summed E-state index contributed by atoms with van der Waals surface area (Å²) in [5.74, 6) is -0.794. The minimum atomic E-state index is -1.83. The molecule has 0 spiro atoms. The summed E-state index contributed by atoms with van der Waals surface area (Å²) in [5, 5.41) is 12.1. The van der Waals surface area contributed by atoms with Crippen LogP contribution in [0.4, 0.5) is 5.69 Å². The molecule has 11 nitrogen and oxygen atoms in total. The van der Waals surface area contributed by atoms with Gasteiger partial charge >= 0.3 is 5.97 Å². The van der Waals surface area contributed by atoms with E-state index in [4.69, 9.17) is 23.8 Å². The lowest BCUT2D eigenvalue weighted by Gasteiger charge is -2.37. The quantitative estimate of drug-likeness (QED) is 0.125. The van der Waals surface area contributed by atoms with Gasteiger partial charge in [0.1, 0.15) is 5.29 Å². The fraction of sp³-hybridized carbons (Fsp3) is 0.476. The highest BCUT2D eigenvalue weighted by atomic mass is 31.1. The number of hydrogen-bond donors (Lipinski definition) is 1. The van der Waals surface area contributed by atoms with E-state index in [9.17, 15) is 19.8 Å². The third-order valence-corrected chi connectivity index (χ3v) is 5.92. The number of allylic oxidation sites excluding steroid dienone is 1. The van der Waals surface area contributed by atoms with Gasteiger partial charge in [-0.15, -0.1) is 0 Å². The molecule has 180 valence electrons. The smallest absolute Gasteiger partial charge is 0.344 e. The fourth-order valence-electron chi connectivity index (χ4n) is 3.71. The summed E-state index contributed by atoms with van der Waals surface area (Å²) < 4.78 is 22.8. The Hall–Kier alpha value is -2.69. The van der Waals surface area contributed by atoms with Crippen LogP contribution in [0.15, 0.2) is 35.5 Å². The van der Waals surface area contributed by atoms with Crippen LogP contribution in [0.25, 0.3) is 0 Å². The Bertz CT molecular complexity index is 990. The Morgan fingerprint density at radius 3 is 2.33 bits per heavy atom. The third kappa shape index (κ3) is 5.13. The Labute approximate surface area is 193 Å². The van der Waals surface area contributed by atoms with E-state index in [1.807, 2.05) is 0 Å². The molecule has 0 fully saturated rings. The van der Waals surface area contributed by atoms with Crippen molar-refractivity contribution < 1.29 is 43.1 Å². The maximum absolute atomic E-state index is 13.1. The molecule has 1 N–H and O–H groups in total. The SMILES string of the molecule is COCCO[N+]1=C(C)C(=PO)C(OCCOC)(c2ccccc2[N+](=O)[O-])C(C(=O)OC)=C1C. The average Bonchev–Trinajstić information content (AvgIpc) is 2.81. The van der Waals surface area contributed by atoms with Crippen LogP contribution in [-0.2, 0) is 34.2 Å². The van der Waals surface area contributed by atoms with Crippen LogP contribution >= 0.6 is 8.43 Å². The molecule has 1 aromatic carbocycles. The molecule has 0 amide bonds. The number of methoxy groups -OCH3 is 3. The second kappa shape index (κ2) is 12.0. The molecule has 1 aliphatic heterocycles. The second-order valence-corrected chi connectivity index (χ2v) is 7.55. The van der Waals surface area contributed by atoms with Crippen molar-refractivity contribution in [3.8, 4) is 0 Å². The Morgan fingerprint density at radius 2 is 1.76 bits per heavy atom. The Kier molecular flexibility index (Phi) is 9.63. The molecule has 1 aliphatic rings. The van der Waals surface area contributed by atoms with E-state index in [0.717, 1.165) is 0 Å². The highest BCUT2D eigenvalue weighted by Crippen LogP contribution is 2.45. The molecule has 1 aromatic rings. The first kappa shape index (κ1) is 26.6. The number of para-hydroxylation sites is 1. The number of hydroxylamine groups is 1. The van der Waals surface area contributed by atoms with Gasteiger partial charge in [-0.25, -0.2) is 4.79 Å². The molecule has 0 saturated heterocycles. The van der Waals surface area contributed by atoms with Crippen LogP contribution in [0.2, 0.25) is 0 Å². The largest absolute Gasteiger partial charge is 0.465 e. The van der Waals surface area contributed by atoms with Crippen molar-refractivity contribution in [2.24, 2.45) is 0 Å². The number of carbonyl (C=O) groups is 1. The first-order chi connectivity index (χ1) is 15.8. The van der Waals surface area contributed by atoms with Crippen LogP contribution in [0, 0.1) is 10.1 Å². The highest BCUT2D eigenvalue weighted by molar-refractivity contribution is 7.38. The third-order valence-electron chi connectivity index (χ3n) is 5.08. The van der Waals surface area contributed by atoms with E-state index in [-0.39, 0.29) is 57.0 Å². The summed E-state index contributed by atoms with van der Waals surface area (Å²) in [5.41, 5.74) is -1.42. The first-order valence-electron chi connectivity index (χ1n) is 9.96. The monoisotopic (exact) mass is 483 g/mol. The molecule has 2 rings (SSSR count). The normalized spacial score (nSPS) is 19.8. The molecule has 0 aromatic heterocycles. The standard InChI is InChI=1S/C21H27N2O9P/c1-14-18(20(24)30-5)21(31-12-10-28-3,16-8-6-7-9-17(16)23(25)26)19(33-27)15(2)22(14)32-13-11-29-4/h6-9H,10-13H2,1-5H3/p+1. The van der Waals surface area contributed by atoms with Crippen molar-refractivity contribution in [3.63, 3.8) is 0 Å². The van der Waals surface area contributed by atoms with E-state index < -0.39 is 16.5 Å². The number of rotatable bonds is 11. The lowest BCUT2D eigenvalue weighted by molar-refractivity contribution is -0.754.